The van der Waals surface area contributed by atoms with Crippen LogP contribution < -0.4 is 0 Å². The first kappa shape index (κ1) is 8.20. The first-order chi connectivity index (χ1) is 5.81. The summed E-state index contributed by atoms with van der Waals surface area (Å²) in [5.74, 6) is 0.624. The lowest BCUT2D eigenvalue weighted by Crippen LogP contribution is -2.44. The SMILES string of the molecule is COC1CC2COCC(C1)C2=O. The highest BCUT2D eigenvalue weighted by molar-refractivity contribution is 5.85. The van der Waals surface area contributed by atoms with E-state index in [1.165, 1.54) is 0 Å². The fourth-order valence-corrected chi connectivity index (χ4v) is 2.14. The monoisotopic (exact) mass is 170 g/mol. The molecule has 2 unspecified atom stereocenters. The fraction of sp³-hybridized carbons (Fsp3) is 0.889. The van der Waals surface area contributed by atoms with E-state index in [0.717, 1.165) is 12.8 Å². The van der Waals surface area contributed by atoms with E-state index >= 15 is 0 Å². The van der Waals surface area contributed by atoms with Crippen LogP contribution in [0.2, 0.25) is 0 Å². The van der Waals surface area contributed by atoms with Crippen LogP contribution in [0.5, 0.6) is 0 Å². The van der Waals surface area contributed by atoms with Gasteiger partial charge in [0.05, 0.1) is 19.3 Å². The van der Waals surface area contributed by atoms with Crippen molar-refractivity contribution in [2.24, 2.45) is 11.8 Å². The number of carbonyl (C=O) groups is 1. The number of hydrogen-bond donors (Lipinski definition) is 0. The molecule has 0 N–H and O–H groups in total. The zero-order chi connectivity index (χ0) is 8.55. The van der Waals surface area contributed by atoms with Crippen LogP contribution in [-0.2, 0) is 14.3 Å². The van der Waals surface area contributed by atoms with E-state index in [-0.39, 0.29) is 17.9 Å². The molecule has 2 bridgehead atoms. The van der Waals surface area contributed by atoms with E-state index in [2.05, 4.69) is 0 Å². The number of fused-ring (bicyclic) bond motifs is 2. The standard InChI is InChI=1S/C9H14O3/c1-11-8-2-6-4-12-5-7(3-8)9(6)10/h6-8H,2-5H2,1H3. The Morgan fingerprint density at radius 1 is 1.33 bits per heavy atom. The molecule has 0 radical (unpaired) electrons. The van der Waals surface area contributed by atoms with Gasteiger partial charge < -0.3 is 9.47 Å². The lowest BCUT2D eigenvalue weighted by atomic mass is 9.77. The smallest absolute Gasteiger partial charge is 0.143 e. The average Bonchev–Trinajstić information content (AvgIpc) is 2.04. The summed E-state index contributed by atoms with van der Waals surface area (Å²) in [6, 6.07) is 0. The molecule has 2 aliphatic rings. The van der Waals surface area contributed by atoms with Gasteiger partial charge in [-0.2, -0.15) is 0 Å². The molecule has 68 valence electrons. The zero-order valence-corrected chi connectivity index (χ0v) is 7.29. The van der Waals surface area contributed by atoms with Crippen molar-refractivity contribution in [3.8, 4) is 0 Å². The van der Waals surface area contributed by atoms with Crippen molar-refractivity contribution in [1.82, 2.24) is 0 Å². The highest BCUT2D eigenvalue weighted by Crippen LogP contribution is 2.31. The average molecular weight is 170 g/mol. The molecule has 1 saturated heterocycles. The van der Waals surface area contributed by atoms with Gasteiger partial charge in [-0.3, -0.25) is 4.79 Å². The minimum atomic E-state index is 0.113. The summed E-state index contributed by atoms with van der Waals surface area (Å²) in [4.78, 5) is 11.5. The molecule has 1 saturated carbocycles. The first-order valence-electron chi connectivity index (χ1n) is 4.45. The number of ether oxygens (including phenoxy) is 2. The highest BCUT2D eigenvalue weighted by Gasteiger charge is 2.39. The van der Waals surface area contributed by atoms with Crippen LogP contribution in [0.4, 0.5) is 0 Å². The topological polar surface area (TPSA) is 35.5 Å². The number of ketones is 1. The third-order valence-electron chi connectivity index (χ3n) is 2.87. The highest BCUT2D eigenvalue weighted by atomic mass is 16.5. The molecule has 1 heterocycles. The summed E-state index contributed by atoms with van der Waals surface area (Å²) in [6.45, 7) is 1.21. The Kier molecular flexibility index (Phi) is 2.15. The summed E-state index contributed by atoms with van der Waals surface area (Å²) in [6.07, 6.45) is 1.99. The van der Waals surface area contributed by atoms with Crippen molar-refractivity contribution in [3.63, 3.8) is 0 Å². The second-order valence-electron chi connectivity index (χ2n) is 3.66. The number of hydrogen-bond acceptors (Lipinski definition) is 3. The van der Waals surface area contributed by atoms with Crippen LogP contribution in [0.25, 0.3) is 0 Å². The third kappa shape index (κ3) is 1.27. The maximum absolute atomic E-state index is 11.5. The van der Waals surface area contributed by atoms with E-state index in [1.54, 1.807) is 7.11 Å². The molecule has 0 amide bonds. The van der Waals surface area contributed by atoms with Crippen LogP contribution in [0, 0.1) is 11.8 Å². The van der Waals surface area contributed by atoms with Gasteiger partial charge in [-0.1, -0.05) is 0 Å². The molecule has 2 fully saturated rings. The Morgan fingerprint density at radius 3 is 2.42 bits per heavy atom. The van der Waals surface area contributed by atoms with Crippen LogP contribution >= 0.6 is 0 Å². The molecule has 1 aliphatic carbocycles. The molecule has 12 heavy (non-hydrogen) atoms. The van der Waals surface area contributed by atoms with E-state index < -0.39 is 0 Å². The van der Waals surface area contributed by atoms with Gasteiger partial charge in [0.15, 0.2) is 0 Å². The third-order valence-corrected chi connectivity index (χ3v) is 2.87. The Labute approximate surface area is 72.0 Å². The number of rotatable bonds is 1. The van der Waals surface area contributed by atoms with Crippen LogP contribution in [0.1, 0.15) is 12.8 Å². The fourth-order valence-electron chi connectivity index (χ4n) is 2.14. The molecule has 1 aliphatic heterocycles. The predicted octanol–water partition coefficient (Wildman–Crippen LogP) is 0.627. The molecule has 0 spiro atoms. The number of carbonyl (C=O) groups excluding carboxylic acids is 1. The predicted molar refractivity (Wildman–Crippen MR) is 42.8 cm³/mol. The maximum Gasteiger partial charge on any atom is 0.143 e. The maximum atomic E-state index is 11.5. The Morgan fingerprint density at radius 2 is 1.92 bits per heavy atom. The summed E-state index contributed by atoms with van der Waals surface area (Å²) in [5, 5.41) is 0. The van der Waals surface area contributed by atoms with Crippen molar-refractivity contribution in [3.05, 3.63) is 0 Å². The zero-order valence-electron chi connectivity index (χ0n) is 7.29. The summed E-state index contributed by atoms with van der Waals surface area (Å²) >= 11 is 0. The summed E-state index contributed by atoms with van der Waals surface area (Å²) < 4.78 is 10.6. The second-order valence-corrected chi connectivity index (χ2v) is 3.66. The number of Topliss-reactive ketones (excluding diaryl/α,β-unsaturated/α-hetero) is 1. The van der Waals surface area contributed by atoms with Crippen molar-refractivity contribution in [2.75, 3.05) is 20.3 Å². The first-order valence-corrected chi connectivity index (χ1v) is 4.45. The van der Waals surface area contributed by atoms with Gasteiger partial charge in [0.25, 0.3) is 0 Å². The quantitative estimate of drug-likeness (QED) is 0.579. The van der Waals surface area contributed by atoms with E-state index in [0.29, 0.717) is 19.0 Å². The minimum Gasteiger partial charge on any atom is -0.381 e. The van der Waals surface area contributed by atoms with E-state index in [4.69, 9.17) is 9.47 Å². The van der Waals surface area contributed by atoms with Gasteiger partial charge in [-0.25, -0.2) is 0 Å². The molecule has 0 aromatic carbocycles. The Bertz CT molecular complexity index is 174. The summed E-state index contributed by atoms with van der Waals surface area (Å²) in [5.41, 5.74) is 0. The van der Waals surface area contributed by atoms with Gasteiger partial charge >= 0.3 is 0 Å². The molecule has 3 nitrogen and oxygen atoms in total. The summed E-state index contributed by atoms with van der Waals surface area (Å²) in [7, 11) is 1.72. The van der Waals surface area contributed by atoms with Crippen molar-refractivity contribution in [2.45, 2.75) is 18.9 Å². The van der Waals surface area contributed by atoms with E-state index in [9.17, 15) is 4.79 Å². The lowest BCUT2D eigenvalue weighted by molar-refractivity contribution is -0.147. The van der Waals surface area contributed by atoms with Gasteiger partial charge in [0.2, 0.25) is 0 Å². The minimum absolute atomic E-state index is 0.113. The molecule has 3 heteroatoms. The molecule has 0 aromatic heterocycles. The largest absolute Gasteiger partial charge is 0.381 e. The normalized spacial score (nSPS) is 41.4. The van der Waals surface area contributed by atoms with Crippen LogP contribution in [0.15, 0.2) is 0 Å². The van der Waals surface area contributed by atoms with Crippen molar-refractivity contribution < 1.29 is 14.3 Å². The Hall–Kier alpha value is -0.410. The van der Waals surface area contributed by atoms with Gasteiger partial charge in [0, 0.05) is 18.9 Å². The molecular formula is C9H14O3. The van der Waals surface area contributed by atoms with Gasteiger partial charge in [-0.05, 0) is 12.8 Å². The molecule has 2 atom stereocenters. The Balaban J connectivity index is 2.07. The molecule has 0 aromatic rings. The van der Waals surface area contributed by atoms with E-state index in [1.807, 2.05) is 0 Å². The van der Waals surface area contributed by atoms with Crippen molar-refractivity contribution >= 4 is 5.78 Å². The number of methoxy groups -OCH3 is 1. The van der Waals surface area contributed by atoms with Gasteiger partial charge in [0.1, 0.15) is 5.78 Å². The van der Waals surface area contributed by atoms with Crippen molar-refractivity contribution in [1.29, 1.82) is 0 Å². The van der Waals surface area contributed by atoms with Crippen LogP contribution in [-0.4, -0.2) is 32.2 Å². The lowest BCUT2D eigenvalue weighted by Gasteiger charge is -2.36. The second kappa shape index (κ2) is 3.15. The van der Waals surface area contributed by atoms with Gasteiger partial charge in [-0.15, -0.1) is 0 Å². The molecule has 2 rings (SSSR count). The van der Waals surface area contributed by atoms with Crippen LogP contribution in [0.3, 0.4) is 0 Å². The molecular weight excluding hydrogens is 156 g/mol.